The Bertz CT molecular complexity index is 728. The summed E-state index contributed by atoms with van der Waals surface area (Å²) in [5.41, 5.74) is 2.11. The van der Waals surface area contributed by atoms with E-state index in [2.05, 4.69) is 36.2 Å². The molecule has 0 heterocycles. The number of carbonyl (C=O) groups excluding carboxylic acids is 1. The van der Waals surface area contributed by atoms with E-state index in [0.29, 0.717) is 5.92 Å². The van der Waals surface area contributed by atoms with E-state index >= 15 is 0 Å². The zero-order valence-corrected chi connectivity index (χ0v) is 18.5. The van der Waals surface area contributed by atoms with Crippen LogP contribution >= 0.6 is 0 Å². The molecule has 4 nitrogen and oxygen atoms in total. The molecular weight excluding hydrogens is 360 g/mol. The van der Waals surface area contributed by atoms with Crippen molar-refractivity contribution in [2.75, 3.05) is 27.2 Å². The van der Waals surface area contributed by atoms with Crippen molar-refractivity contribution in [3.63, 3.8) is 0 Å². The Morgan fingerprint density at radius 2 is 1.66 bits per heavy atom. The first-order valence-electron chi connectivity index (χ1n) is 10.6. The van der Waals surface area contributed by atoms with Crippen molar-refractivity contribution in [2.45, 2.75) is 45.6 Å². The van der Waals surface area contributed by atoms with Gasteiger partial charge < -0.3 is 15.0 Å². The van der Waals surface area contributed by atoms with Crippen LogP contribution < -0.4 is 10.1 Å². The molecule has 0 aliphatic rings. The highest BCUT2D eigenvalue weighted by molar-refractivity contribution is 5.83. The van der Waals surface area contributed by atoms with Gasteiger partial charge in [-0.05, 0) is 56.6 Å². The lowest BCUT2D eigenvalue weighted by atomic mass is 9.99. The summed E-state index contributed by atoms with van der Waals surface area (Å²) in [4.78, 5) is 15.0. The summed E-state index contributed by atoms with van der Waals surface area (Å²) in [5, 5.41) is 3.23. The van der Waals surface area contributed by atoms with E-state index in [4.69, 9.17) is 4.74 Å². The van der Waals surface area contributed by atoms with Crippen LogP contribution in [0.1, 0.15) is 56.7 Å². The van der Waals surface area contributed by atoms with Crippen molar-refractivity contribution in [1.29, 1.82) is 0 Å². The topological polar surface area (TPSA) is 41.6 Å². The van der Waals surface area contributed by atoms with E-state index in [9.17, 15) is 4.79 Å². The minimum Gasteiger partial charge on any atom is -0.493 e. The molecule has 2 rings (SSSR count). The van der Waals surface area contributed by atoms with Crippen LogP contribution in [0.3, 0.4) is 0 Å². The summed E-state index contributed by atoms with van der Waals surface area (Å²) >= 11 is 0. The lowest BCUT2D eigenvalue weighted by Gasteiger charge is -2.25. The van der Waals surface area contributed by atoms with Gasteiger partial charge in [0.25, 0.3) is 0 Å². The molecule has 1 amide bonds. The molecule has 1 N–H and O–H groups in total. The second kappa shape index (κ2) is 11.6. The van der Waals surface area contributed by atoms with Gasteiger partial charge in [0.2, 0.25) is 5.91 Å². The Morgan fingerprint density at radius 1 is 1.00 bits per heavy atom. The third-order valence-corrected chi connectivity index (χ3v) is 5.16. The van der Waals surface area contributed by atoms with Crippen molar-refractivity contribution in [1.82, 2.24) is 10.2 Å². The zero-order valence-electron chi connectivity index (χ0n) is 18.5. The summed E-state index contributed by atoms with van der Waals surface area (Å²) in [7, 11) is 4.04. The zero-order chi connectivity index (χ0) is 21.2. The first kappa shape index (κ1) is 23.0. The number of nitrogens with one attached hydrogen (secondary N) is 1. The summed E-state index contributed by atoms with van der Waals surface area (Å²) in [5.74, 6) is 1.28. The van der Waals surface area contributed by atoms with Gasteiger partial charge >= 0.3 is 0 Å². The van der Waals surface area contributed by atoms with Crippen LogP contribution in [0, 0.1) is 5.92 Å². The van der Waals surface area contributed by atoms with Crippen LogP contribution in [0.2, 0.25) is 0 Å². The number of benzene rings is 2. The van der Waals surface area contributed by atoms with E-state index in [0.717, 1.165) is 30.0 Å². The molecule has 158 valence electrons. The van der Waals surface area contributed by atoms with Crippen LogP contribution in [0.15, 0.2) is 54.6 Å². The fourth-order valence-corrected chi connectivity index (χ4v) is 3.40. The quantitative estimate of drug-likeness (QED) is 0.579. The van der Waals surface area contributed by atoms with Gasteiger partial charge in [0, 0.05) is 6.54 Å². The van der Waals surface area contributed by atoms with Crippen molar-refractivity contribution in [3.8, 4) is 5.75 Å². The Morgan fingerprint density at radius 3 is 2.24 bits per heavy atom. The average molecular weight is 397 g/mol. The highest BCUT2D eigenvalue weighted by Crippen LogP contribution is 2.22. The maximum atomic E-state index is 12.9. The van der Waals surface area contributed by atoms with Crippen LogP contribution in [0.5, 0.6) is 5.75 Å². The normalized spacial score (nSPS) is 14.3. The molecular formula is C25H36N2O2. The van der Waals surface area contributed by atoms with Crippen LogP contribution in [-0.4, -0.2) is 38.1 Å². The van der Waals surface area contributed by atoms with Gasteiger partial charge in [0.1, 0.15) is 5.75 Å². The predicted octanol–water partition coefficient (Wildman–Crippen LogP) is 5.02. The molecule has 0 aromatic heterocycles. The molecule has 0 saturated carbocycles. The molecule has 0 fully saturated rings. The molecule has 29 heavy (non-hydrogen) atoms. The predicted molar refractivity (Wildman–Crippen MR) is 120 cm³/mol. The van der Waals surface area contributed by atoms with Crippen molar-refractivity contribution in [3.05, 3.63) is 65.7 Å². The second-order valence-corrected chi connectivity index (χ2v) is 8.23. The maximum Gasteiger partial charge on any atom is 0.227 e. The Kier molecular flexibility index (Phi) is 9.20. The second-order valence-electron chi connectivity index (χ2n) is 8.23. The SMILES string of the molecule is CCCC(C)COc1ccc([C@H](CN(C)C)NC(=O)C(C)c2ccccc2)cc1. The highest BCUT2D eigenvalue weighted by atomic mass is 16.5. The van der Waals surface area contributed by atoms with Gasteiger partial charge in [-0.1, -0.05) is 62.7 Å². The van der Waals surface area contributed by atoms with Crippen molar-refractivity contribution < 1.29 is 9.53 Å². The van der Waals surface area contributed by atoms with Crippen LogP contribution in [0.4, 0.5) is 0 Å². The van der Waals surface area contributed by atoms with Crippen LogP contribution in [0.25, 0.3) is 0 Å². The van der Waals surface area contributed by atoms with Gasteiger partial charge in [-0.3, -0.25) is 4.79 Å². The summed E-state index contributed by atoms with van der Waals surface area (Å²) in [6.45, 7) is 7.84. The molecule has 3 atom stereocenters. The van der Waals surface area contributed by atoms with Crippen molar-refractivity contribution in [2.24, 2.45) is 5.92 Å². The smallest absolute Gasteiger partial charge is 0.227 e. The van der Waals surface area contributed by atoms with Crippen molar-refractivity contribution >= 4 is 5.91 Å². The molecule has 2 unspecified atom stereocenters. The minimum atomic E-state index is -0.191. The number of hydrogen-bond donors (Lipinski definition) is 1. The fraction of sp³-hybridized carbons (Fsp3) is 0.480. The molecule has 0 bridgehead atoms. The molecule has 0 aliphatic heterocycles. The number of rotatable bonds is 11. The van der Waals surface area contributed by atoms with Gasteiger partial charge in [-0.2, -0.15) is 0 Å². The molecule has 0 radical (unpaired) electrons. The number of ether oxygens (including phenoxy) is 1. The van der Waals surface area contributed by atoms with E-state index < -0.39 is 0 Å². The summed E-state index contributed by atoms with van der Waals surface area (Å²) < 4.78 is 5.92. The van der Waals surface area contributed by atoms with E-state index in [-0.39, 0.29) is 17.9 Å². The first-order valence-corrected chi connectivity index (χ1v) is 10.6. The number of carbonyl (C=O) groups is 1. The van der Waals surface area contributed by atoms with Gasteiger partial charge in [0.15, 0.2) is 0 Å². The van der Waals surface area contributed by atoms with E-state index in [1.165, 1.54) is 12.8 Å². The summed E-state index contributed by atoms with van der Waals surface area (Å²) in [6.07, 6.45) is 2.35. The molecule has 2 aromatic rings. The monoisotopic (exact) mass is 396 g/mol. The highest BCUT2D eigenvalue weighted by Gasteiger charge is 2.21. The Labute approximate surface area is 176 Å². The first-order chi connectivity index (χ1) is 13.9. The molecule has 2 aromatic carbocycles. The standard InChI is InChI=1S/C25H36N2O2/c1-6-10-19(2)18-29-23-15-13-22(14-16-23)24(17-27(4)5)26-25(28)20(3)21-11-8-7-9-12-21/h7-9,11-16,19-20,24H,6,10,17-18H2,1-5H3,(H,26,28)/t19?,20?,24-/m0/s1. The number of likely N-dealkylation sites (N-methyl/N-ethyl adjacent to an activating group) is 1. The van der Waals surface area contributed by atoms with Crippen LogP contribution in [-0.2, 0) is 4.79 Å². The Hall–Kier alpha value is -2.33. The Balaban J connectivity index is 2.04. The third-order valence-electron chi connectivity index (χ3n) is 5.16. The lowest BCUT2D eigenvalue weighted by molar-refractivity contribution is -0.123. The molecule has 4 heteroatoms. The number of hydrogen-bond acceptors (Lipinski definition) is 3. The molecule has 0 saturated heterocycles. The van der Waals surface area contributed by atoms with Gasteiger partial charge in [-0.25, -0.2) is 0 Å². The molecule has 0 aliphatic carbocycles. The maximum absolute atomic E-state index is 12.9. The average Bonchev–Trinajstić information content (AvgIpc) is 2.72. The van der Waals surface area contributed by atoms with E-state index in [1.807, 2.05) is 63.5 Å². The number of amides is 1. The van der Waals surface area contributed by atoms with Gasteiger partial charge in [0.05, 0.1) is 18.6 Å². The largest absolute Gasteiger partial charge is 0.493 e. The molecule has 0 spiro atoms. The summed E-state index contributed by atoms with van der Waals surface area (Å²) in [6, 6.07) is 17.9. The van der Waals surface area contributed by atoms with Gasteiger partial charge in [-0.15, -0.1) is 0 Å². The minimum absolute atomic E-state index is 0.0387. The third kappa shape index (κ3) is 7.54. The number of nitrogens with zero attached hydrogens (tertiary/aromatic N) is 1. The lowest BCUT2D eigenvalue weighted by Crippen LogP contribution is -2.37. The van der Waals surface area contributed by atoms with E-state index in [1.54, 1.807) is 0 Å². The fourth-order valence-electron chi connectivity index (χ4n) is 3.40.